The molecular formula is C26H24N3O. The van der Waals surface area contributed by atoms with Crippen molar-refractivity contribution in [1.29, 1.82) is 0 Å². The molecule has 0 bridgehead atoms. The molecule has 1 N–H and O–H groups in total. The van der Waals surface area contributed by atoms with Crippen LogP contribution in [0, 0.1) is 34.6 Å². The minimum absolute atomic E-state index is 0.104. The van der Waals surface area contributed by atoms with Gasteiger partial charge in [-0.25, -0.2) is 15.0 Å². The van der Waals surface area contributed by atoms with Crippen molar-refractivity contribution in [2.45, 2.75) is 27.7 Å². The van der Waals surface area contributed by atoms with Crippen molar-refractivity contribution in [3.8, 4) is 39.9 Å². The second-order valence-electron chi connectivity index (χ2n) is 7.79. The van der Waals surface area contributed by atoms with Crippen LogP contribution in [0.4, 0.5) is 0 Å². The number of rotatable bonds is 3. The third-order valence-corrected chi connectivity index (χ3v) is 5.18. The van der Waals surface area contributed by atoms with Gasteiger partial charge in [0.15, 0.2) is 17.5 Å². The maximum atomic E-state index is 10.5. The number of phenols is 1. The summed E-state index contributed by atoms with van der Waals surface area (Å²) in [6, 6.07) is 17.7. The molecule has 0 saturated carbocycles. The van der Waals surface area contributed by atoms with Gasteiger partial charge in [0.1, 0.15) is 5.75 Å². The highest BCUT2D eigenvalue weighted by atomic mass is 16.3. The van der Waals surface area contributed by atoms with Crippen molar-refractivity contribution in [3.05, 3.63) is 89.3 Å². The second-order valence-corrected chi connectivity index (χ2v) is 7.79. The minimum atomic E-state index is 0.104. The number of aryl methyl sites for hydroxylation is 4. The molecule has 149 valence electrons. The van der Waals surface area contributed by atoms with Crippen LogP contribution in [-0.2, 0) is 0 Å². The Morgan fingerprint density at radius 2 is 1.03 bits per heavy atom. The molecule has 0 aliphatic rings. The van der Waals surface area contributed by atoms with E-state index in [4.69, 9.17) is 15.0 Å². The Kier molecular flexibility index (Phi) is 5.08. The van der Waals surface area contributed by atoms with E-state index in [1.807, 2.05) is 18.2 Å². The number of aromatic nitrogens is 3. The van der Waals surface area contributed by atoms with E-state index < -0.39 is 0 Å². The number of nitrogens with zero attached hydrogens (tertiary/aromatic N) is 3. The van der Waals surface area contributed by atoms with E-state index >= 15 is 0 Å². The molecule has 0 spiro atoms. The van der Waals surface area contributed by atoms with Crippen LogP contribution >= 0.6 is 0 Å². The van der Waals surface area contributed by atoms with Gasteiger partial charge in [0.25, 0.3) is 0 Å². The summed E-state index contributed by atoms with van der Waals surface area (Å²) in [7, 11) is 0. The summed E-state index contributed by atoms with van der Waals surface area (Å²) in [5.74, 6) is 1.72. The Bertz CT molecular complexity index is 1090. The van der Waals surface area contributed by atoms with Crippen molar-refractivity contribution in [3.63, 3.8) is 0 Å². The molecule has 0 unspecified atom stereocenters. The zero-order chi connectivity index (χ0) is 21.4. The predicted molar refractivity (Wildman–Crippen MR) is 121 cm³/mol. The van der Waals surface area contributed by atoms with Crippen molar-refractivity contribution in [2.75, 3.05) is 0 Å². The molecule has 0 fully saturated rings. The number of phenolic OH excluding ortho intramolecular Hbond substituents is 1. The zero-order valence-electron chi connectivity index (χ0n) is 17.7. The number of benzene rings is 3. The SMILES string of the molecule is [CH2]c1ccc(-c2nc(-c3ccc(C)cc3C)nc(-c3ccc(C)cc3C)n2)c(O)c1. The molecular weight excluding hydrogens is 370 g/mol. The van der Waals surface area contributed by atoms with Gasteiger partial charge in [0, 0.05) is 11.1 Å². The van der Waals surface area contributed by atoms with Crippen molar-refractivity contribution in [2.24, 2.45) is 0 Å². The summed E-state index contributed by atoms with van der Waals surface area (Å²) < 4.78 is 0. The van der Waals surface area contributed by atoms with Crippen LogP contribution in [0.2, 0.25) is 0 Å². The van der Waals surface area contributed by atoms with E-state index in [1.54, 1.807) is 12.1 Å². The molecule has 0 aliphatic carbocycles. The molecule has 3 aromatic carbocycles. The number of hydrogen-bond acceptors (Lipinski definition) is 4. The van der Waals surface area contributed by atoms with Crippen LogP contribution in [0.25, 0.3) is 34.2 Å². The topological polar surface area (TPSA) is 58.9 Å². The Balaban J connectivity index is 1.98. The van der Waals surface area contributed by atoms with E-state index in [0.717, 1.165) is 27.8 Å². The van der Waals surface area contributed by atoms with Crippen LogP contribution in [0.3, 0.4) is 0 Å². The van der Waals surface area contributed by atoms with Crippen molar-refractivity contribution in [1.82, 2.24) is 15.0 Å². The lowest BCUT2D eigenvalue weighted by Gasteiger charge is -2.12. The van der Waals surface area contributed by atoms with E-state index in [0.29, 0.717) is 23.0 Å². The number of hydrogen-bond donors (Lipinski definition) is 1. The molecule has 1 aromatic heterocycles. The largest absolute Gasteiger partial charge is 0.507 e. The normalized spacial score (nSPS) is 11.0. The summed E-state index contributed by atoms with van der Waals surface area (Å²) >= 11 is 0. The third kappa shape index (κ3) is 3.81. The zero-order valence-corrected chi connectivity index (χ0v) is 17.7. The molecule has 0 atom stereocenters. The van der Waals surface area contributed by atoms with Crippen LogP contribution in [0.15, 0.2) is 54.6 Å². The summed E-state index contributed by atoms with van der Waals surface area (Å²) in [6.45, 7) is 12.1. The van der Waals surface area contributed by atoms with Gasteiger partial charge in [-0.1, -0.05) is 53.6 Å². The van der Waals surface area contributed by atoms with Gasteiger partial charge in [-0.2, -0.15) is 0 Å². The van der Waals surface area contributed by atoms with Crippen molar-refractivity contribution < 1.29 is 5.11 Å². The number of aromatic hydroxyl groups is 1. The van der Waals surface area contributed by atoms with Gasteiger partial charge in [-0.15, -0.1) is 0 Å². The second kappa shape index (κ2) is 7.71. The van der Waals surface area contributed by atoms with E-state index in [1.165, 1.54) is 11.1 Å². The molecule has 4 aromatic rings. The first-order valence-corrected chi connectivity index (χ1v) is 9.88. The average Bonchev–Trinajstić information content (AvgIpc) is 2.67. The smallest absolute Gasteiger partial charge is 0.167 e. The highest BCUT2D eigenvalue weighted by Gasteiger charge is 2.16. The fourth-order valence-corrected chi connectivity index (χ4v) is 3.63. The quantitative estimate of drug-likeness (QED) is 0.463. The van der Waals surface area contributed by atoms with E-state index in [9.17, 15) is 5.11 Å². The van der Waals surface area contributed by atoms with Gasteiger partial charge in [-0.3, -0.25) is 0 Å². The predicted octanol–water partition coefficient (Wildman–Crippen LogP) is 5.99. The highest BCUT2D eigenvalue weighted by molar-refractivity contribution is 5.72. The van der Waals surface area contributed by atoms with Crippen LogP contribution in [0.5, 0.6) is 5.75 Å². The van der Waals surface area contributed by atoms with Crippen LogP contribution < -0.4 is 0 Å². The summed E-state index contributed by atoms with van der Waals surface area (Å²) in [5, 5.41) is 10.5. The van der Waals surface area contributed by atoms with E-state index in [-0.39, 0.29) is 5.75 Å². The molecule has 0 saturated heterocycles. The first-order valence-electron chi connectivity index (χ1n) is 9.88. The average molecular weight is 394 g/mol. The first kappa shape index (κ1) is 19.8. The van der Waals surface area contributed by atoms with Crippen molar-refractivity contribution >= 4 is 0 Å². The molecule has 0 amide bonds. The lowest BCUT2D eigenvalue weighted by molar-refractivity contribution is 0.476. The molecule has 1 heterocycles. The molecule has 4 nitrogen and oxygen atoms in total. The maximum Gasteiger partial charge on any atom is 0.167 e. The highest BCUT2D eigenvalue weighted by Crippen LogP contribution is 2.32. The Morgan fingerprint density at radius 1 is 0.600 bits per heavy atom. The minimum Gasteiger partial charge on any atom is -0.507 e. The lowest BCUT2D eigenvalue weighted by atomic mass is 10.0. The fraction of sp³-hybridized carbons (Fsp3) is 0.154. The van der Waals surface area contributed by atoms with E-state index in [2.05, 4.69) is 58.9 Å². The molecule has 4 heteroatoms. The standard InChI is InChI=1S/C26H24N3O/c1-15-6-9-20(18(4)12-15)24-27-25(21-10-7-16(2)13-19(21)5)29-26(28-24)22-11-8-17(3)14-23(22)30/h6-14,30H,3H2,1-2,4-5H3. The summed E-state index contributed by atoms with van der Waals surface area (Å²) in [5.41, 5.74) is 7.74. The van der Waals surface area contributed by atoms with Gasteiger partial charge >= 0.3 is 0 Å². The maximum absolute atomic E-state index is 10.5. The molecule has 4 rings (SSSR count). The first-order chi connectivity index (χ1) is 14.3. The van der Waals surface area contributed by atoms with Crippen LogP contribution in [-0.4, -0.2) is 20.1 Å². The summed E-state index contributed by atoms with van der Waals surface area (Å²) in [4.78, 5) is 14.3. The third-order valence-electron chi connectivity index (χ3n) is 5.18. The van der Waals surface area contributed by atoms with Gasteiger partial charge in [0.2, 0.25) is 0 Å². The van der Waals surface area contributed by atoms with Gasteiger partial charge in [-0.05, 0) is 63.4 Å². The Hall–Kier alpha value is -3.53. The summed E-state index contributed by atoms with van der Waals surface area (Å²) in [6.07, 6.45) is 0. The monoisotopic (exact) mass is 394 g/mol. The fourth-order valence-electron chi connectivity index (χ4n) is 3.63. The van der Waals surface area contributed by atoms with Gasteiger partial charge < -0.3 is 5.11 Å². The Morgan fingerprint density at radius 3 is 1.47 bits per heavy atom. The van der Waals surface area contributed by atoms with Gasteiger partial charge in [0.05, 0.1) is 5.56 Å². The molecule has 1 radical (unpaired) electrons. The Labute approximate surface area is 177 Å². The molecule has 0 aliphatic heterocycles. The van der Waals surface area contributed by atoms with Crippen LogP contribution in [0.1, 0.15) is 27.8 Å². The molecule has 30 heavy (non-hydrogen) atoms. The lowest BCUT2D eigenvalue weighted by Crippen LogP contribution is -2.02.